The van der Waals surface area contributed by atoms with Crippen molar-refractivity contribution < 1.29 is 4.79 Å². The number of fused-ring (bicyclic) bond motifs is 1. The lowest BCUT2D eigenvalue weighted by Gasteiger charge is -2.18. The van der Waals surface area contributed by atoms with Gasteiger partial charge < -0.3 is 5.32 Å². The molecule has 0 spiro atoms. The van der Waals surface area contributed by atoms with Crippen molar-refractivity contribution in [2.45, 2.75) is 38.8 Å². The Kier molecular flexibility index (Phi) is 6.75. The van der Waals surface area contributed by atoms with Crippen LogP contribution in [0.4, 0.5) is 0 Å². The van der Waals surface area contributed by atoms with E-state index in [1.165, 1.54) is 11.8 Å². The largest absolute Gasteiger partial charge is 0.355 e. The third-order valence-electron chi connectivity index (χ3n) is 4.58. The smallest absolute Gasteiger partial charge is 0.266 e. The summed E-state index contributed by atoms with van der Waals surface area (Å²) in [7, 11) is 0. The summed E-state index contributed by atoms with van der Waals surface area (Å²) in [5, 5.41) is 4.02. The SMILES string of the molecule is CC(C)CNC(=O)CSc1nc2ccccc2c(=O)n1-c1ccccc1C(C)C. The molecular formula is C23H27N3O2S. The van der Waals surface area contributed by atoms with Crippen LogP contribution in [0.15, 0.2) is 58.5 Å². The van der Waals surface area contributed by atoms with Gasteiger partial charge in [-0.15, -0.1) is 0 Å². The van der Waals surface area contributed by atoms with Gasteiger partial charge in [-0.05, 0) is 35.6 Å². The number of aromatic nitrogens is 2. The molecule has 1 heterocycles. The summed E-state index contributed by atoms with van der Waals surface area (Å²) >= 11 is 1.29. The van der Waals surface area contributed by atoms with Gasteiger partial charge in [0.2, 0.25) is 5.91 Å². The van der Waals surface area contributed by atoms with Crippen LogP contribution in [0.3, 0.4) is 0 Å². The summed E-state index contributed by atoms with van der Waals surface area (Å²) < 4.78 is 1.65. The minimum atomic E-state index is -0.117. The topological polar surface area (TPSA) is 64.0 Å². The van der Waals surface area contributed by atoms with Crippen LogP contribution in [-0.2, 0) is 4.79 Å². The first-order valence-electron chi connectivity index (χ1n) is 9.89. The second-order valence-electron chi connectivity index (χ2n) is 7.75. The molecule has 0 radical (unpaired) electrons. The molecule has 3 aromatic rings. The van der Waals surface area contributed by atoms with E-state index < -0.39 is 0 Å². The number of hydrogen-bond donors (Lipinski definition) is 1. The second kappa shape index (κ2) is 9.27. The quantitative estimate of drug-likeness (QED) is 0.465. The molecule has 2 aromatic carbocycles. The highest BCUT2D eigenvalue weighted by molar-refractivity contribution is 7.99. The normalized spacial score (nSPS) is 11.4. The van der Waals surface area contributed by atoms with Crippen LogP contribution in [0.25, 0.3) is 16.6 Å². The Morgan fingerprint density at radius 1 is 1.07 bits per heavy atom. The van der Waals surface area contributed by atoms with Crippen molar-refractivity contribution >= 4 is 28.6 Å². The monoisotopic (exact) mass is 409 g/mol. The van der Waals surface area contributed by atoms with E-state index in [1.54, 1.807) is 10.6 Å². The predicted octanol–water partition coefficient (Wildman–Crippen LogP) is 4.37. The van der Waals surface area contributed by atoms with E-state index in [2.05, 4.69) is 33.0 Å². The first-order chi connectivity index (χ1) is 13.9. The van der Waals surface area contributed by atoms with E-state index in [0.717, 1.165) is 11.3 Å². The lowest BCUT2D eigenvalue weighted by Crippen LogP contribution is -2.29. The zero-order chi connectivity index (χ0) is 21.0. The lowest BCUT2D eigenvalue weighted by molar-refractivity contribution is -0.118. The second-order valence-corrected chi connectivity index (χ2v) is 8.69. The van der Waals surface area contributed by atoms with Crippen molar-refractivity contribution in [2.75, 3.05) is 12.3 Å². The van der Waals surface area contributed by atoms with Crippen LogP contribution in [-0.4, -0.2) is 27.8 Å². The average molecular weight is 410 g/mol. The molecule has 3 rings (SSSR count). The Hall–Kier alpha value is -2.60. The maximum Gasteiger partial charge on any atom is 0.266 e. The maximum absolute atomic E-state index is 13.4. The Labute approximate surface area is 175 Å². The molecule has 0 unspecified atom stereocenters. The zero-order valence-corrected chi connectivity index (χ0v) is 18.1. The molecule has 0 aliphatic rings. The van der Waals surface area contributed by atoms with E-state index in [-0.39, 0.29) is 23.1 Å². The van der Waals surface area contributed by atoms with Gasteiger partial charge in [-0.3, -0.25) is 14.2 Å². The summed E-state index contributed by atoms with van der Waals surface area (Å²) in [6, 6.07) is 15.2. The summed E-state index contributed by atoms with van der Waals surface area (Å²) in [4.78, 5) is 30.4. The molecule has 1 amide bonds. The Bertz CT molecular complexity index is 1070. The summed E-state index contributed by atoms with van der Waals surface area (Å²) in [5.74, 6) is 0.784. The van der Waals surface area contributed by atoms with Gasteiger partial charge in [0.1, 0.15) is 0 Å². The third-order valence-corrected chi connectivity index (χ3v) is 5.52. The number of carbonyl (C=O) groups excluding carboxylic acids is 1. The van der Waals surface area contributed by atoms with Crippen molar-refractivity contribution in [1.29, 1.82) is 0 Å². The minimum absolute atomic E-state index is 0.0604. The third kappa shape index (κ3) is 4.88. The van der Waals surface area contributed by atoms with E-state index in [9.17, 15) is 9.59 Å². The fraction of sp³-hybridized carbons (Fsp3) is 0.348. The first kappa shape index (κ1) is 21.1. The Balaban J connectivity index is 2.08. The number of benzene rings is 2. The minimum Gasteiger partial charge on any atom is -0.355 e. The molecule has 0 saturated carbocycles. The van der Waals surface area contributed by atoms with Crippen molar-refractivity contribution in [1.82, 2.24) is 14.9 Å². The molecule has 29 heavy (non-hydrogen) atoms. The molecule has 0 aliphatic heterocycles. The number of rotatable bonds is 7. The van der Waals surface area contributed by atoms with Gasteiger partial charge >= 0.3 is 0 Å². The van der Waals surface area contributed by atoms with Crippen LogP contribution < -0.4 is 10.9 Å². The van der Waals surface area contributed by atoms with Gasteiger partial charge in [0.15, 0.2) is 5.16 Å². The zero-order valence-electron chi connectivity index (χ0n) is 17.3. The fourth-order valence-electron chi connectivity index (χ4n) is 3.10. The number of hydrogen-bond acceptors (Lipinski definition) is 4. The molecule has 0 atom stereocenters. The molecule has 5 nitrogen and oxygen atoms in total. The standard InChI is InChI=1S/C23H27N3O2S/c1-15(2)13-24-21(27)14-29-23-25-19-11-7-5-10-18(19)22(28)26(23)20-12-8-6-9-17(20)16(3)4/h5-12,15-16H,13-14H2,1-4H3,(H,24,27). The fourth-order valence-corrected chi connectivity index (χ4v) is 3.94. The number of thioether (sulfide) groups is 1. The highest BCUT2D eigenvalue weighted by Gasteiger charge is 2.17. The van der Waals surface area contributed by atoms with Gasteiger partial charge in [-0.1, -0.05) is 69.8 Å². The van der Waals surface area contributed by atoms with Crippen molar-refractivity contribution in [2.24, 2.45) is 5.92 Å². The molecule has 6 heteroatoms. The van der Waals surface area contributed by atoms with Crippen LogP contribution in [0, 0.1) is 5.92 Å². The molecule has 0 bridgehead atoms. The van der Waals surface area contributed by atoms with Crippen molar-refractivity contribution in [3.63, 3.8) is 0 Å². The molecule has 0 saturated heterocycles. The highest BCUT2D eigenvalue weighted by Crippen LogP contribution is 2.27. The van der Waals surface area contributed by atoms with Crippen LogP contribution in [0.1, 0.15) is 39.2 Å². The van der Waals surface area contributed by atoms with Gasteiger partial charge in [-0.25, -0.2) is 4.98 Å². The molecular weight excluding hydrogens is 382 g/mol. The average Bonchev–Trinajstić information content (AvgIpc) is 2.70. The summed E-state index contributed by atoms with van der Waals surface area (Å²) in [5.41, 5.74) is 2.41. The van der Waals surface area contributed by atoms with Gasteiger partial charge in [0.05, 0.1) is 22.3 Å². The molecule has 1 N–H and O–H groups in total. The van der Waals surface area contributed by atoms with E-state index in [1.807, 2.05) is 42.5 Å². The van der Waals surface area contributed by atoms with Crippen LogP contribution in [0.5, 0.6) is 0 Å². The molecule has 1 aromatic heterocycles. The lowest BCUT2D eigenvalue weighted by atomic mass is 10.0. The Morgan fingerprint density at radius 2 is 1.76 bits per heavy atom. The number of nitrogens with zero attached hydrogens (tertiary/aromatic N) is 2. The maximum atomic E-state index is 13.4. The first-order valence-corrected chi connectivity index (χ1v) is 10.9. The van der Waals surface area contributed by atoms with Crippen molar-refractivity contribution in [3.05, 3.63) is 64.4 Å². The number of para-hydroxylation sites is 2. The van der Waals surface area contributed by atoms with E-state index in [4.69, 9.17) is 4.98 Å². The van der Waals surface area contributed by atoms with Crippen LogP contribution in [0.2, 0.25) is 0 Å². The predicted molar refractivity (Wildman–Crippen MR) is 120 cm³/mol. The van der Waals surface area contributed by atoms with Crippen LogP contribution >= 0.6 is 11.8 Å². The number of nitrogens with one attached hydrogen (secondary N) is 1. The molecule has 0 fully saturated rings. The summed E-state index contributed by atoms with van der Waals surface area (Å²) in [6.07, 6.45) is 0. The van der Waals surface area contributed by atoms with E-state index in [0.29, 0.717) is 28.5 Å². The Morgan fingerprint density at radius 3 is 2.48 bits per heavy atom. The highest BCUT2D eigenvalue weighted by atomic mass is 32.2. The molecule has 0 aliphatic carbocycles. The van der Waals surface area contributed by atoms with Gasteiger partial charge in [0, 0.05) is 6.54 Å². The van der Waals surface area contributed by atoms with Gasteiger partial charge in [0.25, 0.3) is 5.56 Å². The van der Waals surface area contributed by atoms with Gasteiger partial charge in [-0.2, -0.15) is 0 Å². The summed E-state index contributed by atoms with van der Waals surface area (Å²) in [6.45, 7) is 8.94. The number of amides is 1. The molecule has 152 valence electrons. The van der Waals surface area contributed by atoms with E-state index >= 15 is 0 Å². The van der Waals surface area contributed by atoms with Crippen molar-refractivity contribution in [3.8, 4) is 5.69 Å². The number of carbonyl (C=O) groups is 1.